The number of hydrogen-bond acceptors (Lipinski definition) is 3. The van der Waals surface area contributed by atoms with Crippen molar-refractivity contribution in [3.63, 3.8) is 0 Å². The largest absolute Gasteiger partial charge is 0.394 e. The number of nitrogens with one attached hydrogen (secondary N) is 1. The fraction of sp³-hybridized carbons (Fsp3) is 0.857. The van der Waals surface area contributed by atoms with Gasteiger partial charge in [-0.2, -0.15) is 0 Å². The van der Waals surface area contributed by atoms with E-state index in [4.69, 9.17) is 0 Å². The van der Waals surface area contributed by atoms with Gasteiger partial charge in [-0.05, 0) is 18.3 Å². The van der Waals surface area contributed by atoms with E-state index in [9.17, 15) is 14.7 Å². The zero-order chi connectivity index (χ0) is 14.6. The molecule has 0 aliphatic carbocycles. The molecule has 0 aromatic rings. The van der Waals surface area contributed by atoms with Crippen LogP contribution < -0.4 is 5.32 Å². The van der Waals surface area contributed by atoms with Crippen molar-refractivity contribution in [1.29, 1.82) is 0 Å². The summed E-state index contributed by atoms with van der Waals surface area (Å²) in [6.07, 6.45) is 1.44. The first-order chi connectivity index (χ1) is 8.73. The summed E-state index contributed by atoms with van der Waals surface area (Å²) in [7, 11) is 0. The molecule has 1 aliphatic heterocycles. The normalized spacial score (nSPS) is 21.3. The topological polar surface area (TPSA) is 69.6 Å². The van der Waals surface area contributed by atoms with Crippen molar-refractivity contribution in [1.82, 2.24) is 10.2 Å². The number of hydrogen-bond donors (Lipinski definition) is 2. The summed E-state index contributed by atoms with van der Waals surface area (Å²) in [5.41, 5.74) is 0.0573. The van der Waals surface area contributed by atoms with Crippen LogP contribution in [0.2, 0.25) is 0 Å². The molecule has 2 N–H and O–H groups in total. The summed E-state index contributed by atoms with van der Waals surface area (Å²) < 4.78 is 0. The quantitative estimate of drug-likeness (QED) is 0.792. The highest BCUT2D eigenvalue weighted by molar-refractivity contribution is 5.81. The molecule has 2 atom stereocenters. The van der Waals surface area contributed by atoms with E-state index in [1.54, 1.807) is 4.90 Å². The lowest BCUT2D eigenvalue weighted by Gasteiger charge is -2.26. The lowest BCUT2D eigenvalue weighted by molar-refractivity contribution is -0.128. The number of aliphatic hydroxyl groups excluding tert-OH is 1. The van der Waals surface area contributed by atoms with Crippen LogP contribution in [-0.4, -0.2) is 47.6 Å². The number of nitrogens with zero attached hydrogens (tertiary/aromatic N) is 1. The van der Waals surface area contributed by atoms with E-state index in [0.717, 1.165) is 6.42 Å². The summed E-state index contributed by atoms with van der Waals surface area (Å²) in [5, 5.41) is 12.2. The Bertz CT molecular complexity index is 336. The van der Waals surface area contributed by atoms with Gasteiger partial charge < -0.3 is 15.3 Å². The minimum Gasteiger partial charge on any atom is -0.394 e. The summed E-state index contributed by atoms with van der Waals surface area (Å²) in [6, 6.07) is -0.209. The second kappa shape index (κ2) is 6.37. The van der Waals surface area contributed by atoms with E-state index in [2.05, 4.69) is 26.1 Å². The van der Waals surface area contributed by atoms with E-state index < -0.39 is 0 Å². The van der Waals surface area contributed by atoms with Gasteiger partial charge in [-0.15, -0.1) is 0 Å². The van der Waals surface area contributed by atoms with Crippen LogP contribution in [0.4, 0.5) is 0 Å². The van der Waals surface area contributed by atoms with Gasteiger partial charge in [0.1, 0.15) is 0 Å². The third kappa shape index (κ3) is 5.19. The van der Waals surface area contributed by atoms with Gasteiger partial charge in [-0.25, -0.2) is 0 Å². The van der Waals surface area contributed by atoms with Crippen molar-refractivity contribution >= 4 is 11.8 Å². The van der Waals surface area contributed by atoms with Gasteiger partial charge in [0.05, 0.1) is 18.6 Å². The molecule has 2 unspecified atom stereocenters. The molecule has 1 rings (SSSR count). The Balaban J connectivity index is 2.48. The second-order valence-corrected chi connectivity index (χ2v) is 6.60. The minimum atomic E-state index is -0.209. The number of amides is 2. The molecule has 0 spiro atoms. The van der Waals surface area contributed by atoms with Gasteiger partial charge >= 0.3 is 0 Å². The van der Waals surface area contributed by atoms with Gasteiger partial charge in [-0.3, -0.25) is 9.59 Å². The Morgan fingerprint density at radius 1 is 1.42 bits per heavy atom. The molecule has 110 valence electrons. The standard InChI is InChI=1S/C14H26N2O3/c1-10(18)16-6-5-11(8-16)13(19)15-12(9-17)7-14(2,3)4/h11-12,17H,5-9H2,1-4H3,(H,15,19). The average molecular weight is 270 g/mol. The molecule has 5 heteroatoms. The molecule has 0 radical (unpaired) electrons. The Kier molecular flexibility index (Phi) is 5.35. The van der Waals surface area contributed by atoms with Crippen LogP contribution in [0.25, 0.3) is 0 Å². The van der Waals surface area contributed by atoms with Crippen LogP contribution in [-0.2, 0) is 9.59 Å². The van der Waals surface area contributed by atoms with Crippen molar-refractivity contribution in [2.45, 2.75) is 46.6 Å². The van der Waals surface area contributed by atoms with Crippen LogP contribution in [0.5, 0.6) is 0 Å². The Labute approximate surface area is 115 Å². The first-order valence-corrected chi connectivity index (χ1v) is 6.89. The van der Waals surface area contributed by atoms with E-state index in [1.807, 2.05) is 0 Å². The number of aliphatic hydroxyl groups is 1. The lowest BCUT2D eigenvalue weighted by atomic mass is 9.88. The van der Waals surface area contributed by atoms with Gasteiger partial charge in [0.15, 0.2) is 0 Å². The summed E-state index contributed by atoms with van der Waals surface area (Å²) in [6.45, 7) is 8.85. The molecule has 0 aromatic heterocycles. The second-order valence-electron chi connectivity index (χ2n) is 6.60. The molecule has 5 nitrogen and oxygen atoms in total. The highest BCUT2D eigenvalue weighted by Gasteiger charge is 2.31. The van der Waals surface area contributed by atoms with Crippen LogP contribution >= 0.6 is 0 Å². The Morgan fingerprint density at radius 3 is 2.47 bits per heavy atom. The van der Waals surface area contributed by atoms with Crippen molar-refractivity contribution in [2.75, 3.05) is 19.7 Å². The van der Waals surface area contributed by atoms with E-state index in [1.165, 1.54) is 6.92 Å². The summed E-state index contributed by atoms with van der Waals surface area (Å²) in [5.74, 6) is -0.173. The van der Waals surface area contributed by atoms with Gasteiger partial charge in [0, 0.05) is 20.0 Å². The summed E-state index contributed by atoms with van der Waals surface area (Å²) in [4.78, 5) is 25.0. The molecule has 1 fully saturated rings. The molecule has 19 heavy (non-hydrogen) atoms. The zero-order valence-corrected chi connectivity index (χ0v) is 12.4. The molecule has 0 aromatic carbocycles. The maximum atomic E-state index is 12.1. The van der Waals surface area contributed by atoms with Crippen molar-refractivity contribution in [3.8, 4) is 0 Å². The van der Waals surface area contributed by atoms with E-state index >= 15 is 0 Å². The van der Waals surface area contributed by atoms with Gasteiger partial charge in [0.25, 0.3) is 0 Å². The number of carbonyl (C=O) groups is 2. The van der Waals surface area contributed by atoms with Crippen LogP contribution in [0.15, 0.2) is 0 Å². The predicted molar refractivity (Wildman–Crippen MR) is 73.4 cm³/mol. The van der Waals surface area contributed by atoms with Gasteiger partial charge in [-0.1, -0.05) is 20.8 Å². The highest BCUT2D eigenvalue weighted by Crippen LogP contribution is 2.22. The molecule has 2 amide bonds. The first kappa shape index (κ1) is 16.0. The van der Waals surface area contributed by atoms with Crippen LogP contribution in [0.1, 0.15) is 40.5 Å². The fourth-order valence-corrected chi connectivity index (χ4v) is 2.48. The molecule has 1 saturated heterocycles. The fourth-order valence-electron chi connectivity index (χ4n) is 2.48. The highest BCUT2D eigenvalue weighted by atomic mass is 16.3. The average Bonchev–Trinajstić information content (AvgIpc) is 2.75. The number of carbonyl (C=O) groups excluding carboxylic acids is 2. The van der Waals surface area contributed by atoms with E-state index in [-0.39, 0.29) is 35.8 Å². The third-order valence-corrected chi connectivity index (χ3v) is 3.43. The third-order valence-electron chi connectivity index (χ3n) is 3.43. The SMILES string of the molecule is CC(=O)N1CCC(C(=O)NC(CO)CC(C)(C)C)C1. The molecule has 0 saturated carbocycles. The molecule has 1 aliphatic rings. The monoisotopic (exact) mass is 270 g/mol. The smallest absolute Gasteiger partial charge is 0.225 e. The van der Waals surface area contributed by atoms with Crippen molar-refractivity contribution in [2.24, 2.45) is 11.3 Å². The zero-order valence-electron chi connectivity index (χ0n) is 12.4. The van der Waals surface area contributed by atoms with Gasteiger partial charge in [0.2, 0.25) is 11.8 Å². The molecule has 0 bridgehead atoms. The van der Waals surface area contributed by atoms with E-state index in [0.29, 0.717) is 19.5 Å². The maximum absolute atomic E-state index is 12.1. The molecular formula is C14H26N2O3. The first-order valence-electron chi connectivity index (χ1n) is 6.89. The predicted octanol–water partition coefficient (Wildman–Crippen LogP) is 0.768. The van der Waals surface area contributed by atoms with Crippen molar-refractivity contribution in [3.05, 3.63) is 0 Å². The minimum absolute atomic E-state index is 0.0173. The van der Waals surface area contributed by atoms with Crippen LogP contribution in [0, 0.1) is 11.3 Å². The van der Waals surface area contributed by atoms with Crippen molar-refractivity contribution < 1.29 is 14.7 Å². The maximum Gasteiger partial charge on any atom is 0.225 e. The Morgan fingerprint density at radius 2 is 2.05 bits per heavy atom. The Hall–Kier alpha value is -1.10. The lowest BCUT2D eigenvalue weighted by Crippen LogP contribution is -2.43. The van der Waals surface area contributed by atoms with Crippen LogP contribution in [0.3, 0.4) is 0 Å². The molecular weight excluding hydrogens is 244 g/mol. The number of likely N-dealkylation sites (tertiary alicyclic amines) is 1. The number of rotatable bonds is 4. The summed E-state index contributed by atoms with van der Waals surface area (Å²) >= 11 is 0. The molecule has 1 heterocycles.